The summed E-state index contributed by atoms with van der Waals surface area (Å²) in [6, 6.07) is 10.7. The van der Waals surface area contributed by atoms with Gasteiger partial charge in [-0.1, -0.05) is 24.3 Å². The molecule has 1 N–H and O–H groups in total. The highest BCUT2D eigenvalue weighted by Gasteiger charge is 2.15. The number of hydrogen-bond acceptors (Lipinski definition) is 4. The van der Waals surface area contributed by atoms with Crippen LogP contribution in [-0.2, 0) is 36.2 Å². The Balaban J connectivity index is 1.42. The third-order valence-electron chi connectivity index (χ3n) is 4.39. The highest BCUT2D eigenvalue weighted by molar-refractivity contribution is 5.23. The molecule has 24 heavy (non-hydrogen) atoms. The molecule has 1 aliphatic heterocycles. The van der Waals surface area contributed by atoms with Crippen LogP contribution in [0.25, 0.3) is 0 Å². The molecule has 0 bridgehead atoms. The SMILES string of the molecule is Cc1cc(CNCc2cccc(COCC3CCCO3)c2)nn1C. The van der Waals surface area contributed by atoms with Gasteiger partial charge in [-0.15, -0.1) is 0 Å². The van der Waals surface area contributed by atoms with Crippen molar-refractivity contribution >= 4 is 0 Å². The van der Waals surface area contributed by atoms with Crippen LogP contribution in [0.2, 0.25) is 0 Å². The van der Waals surface area contributed by atoms with Crippen LogP contribution >= 0.6 is 0 Å². The van der Waals surface area contributed by atoms with E-state index in [1.165, 1.54) is 16.8 Å². The Morgan fingerprint density at radius 1 is 1.29 bits per heavy atom. The summed E-state index contributed by atoms with van der Waals surface area (Å²) in [5, 5.41) is 7.91. The molecule has 0 spiro atoms. The second kappa shape index (κ2) is 8.42. The zero-order chi connectivity index (χ0) is 16.8. The molecule has 1 unspecified atom stereocenters. The molecule has 130 valence electrons. The topological polar surface area (TPSA) is 48.3 Å². The molecule has 0 aliphatic carbocycles. The quantitative estimate of drug-likeness (QED) is 0.809. The summed E-state index contributed by atoms with van der Waals surface area (Å²) in [6.07, 6.45) is 2.57. The summed E-state index contributed by atoms with van der Waals surface area (Å²) in [7, 11) is 1.97. The molecule has 0 saturated carbocycles. The summed E-state index contributed by atoms with van der Waals surface area (Å²) < 4.78 is 13.3. The first-order chi connectivity index (χ1) is 11.7. The van der Waals surface area contributed by atoms with E-state index >= 15 is 0 Å². The minimum atomic E-state index is 0.289. The molecule has 1 aromatic carbocycles. The summed E-state index contributed by atoms with van der Waals surface area (Å²) in [5.74, 6) is 0. The lowest BCUT2D eigenvalue weighted by Crippen LogP contribution is -2.14. The number of aromatic nitrogens is 2. The van der Waals surface area contributed by atoms with Crippen LogP contribution in [0.15, 0.2) is 30.3 Å². The smallest absolute Gasteiger partial charge is 0.0809 e. The van der Waals surface area contributed by atoms with E-state index < -0.39 is 0 Å². The van der Waals surface area contributed by atoms with Gasteiger partial charge in [-0.3, -0.25) is 4.68 Å². The zero-order valence-electron chi connectivity index (χ0n) is 14.6. The van der Waals surface area contributed by atoms with Gasteiger partial charge in [-0.25, -0.2) is 0 Å². The predicted octanol–water partition coefficient (Wildman–Crippen LogP) is 2.71. The first kappa shape index (κ1) is 17.1. The Morgan fingerprint density at radius 2 is 2.17 bits per heavy atom. The molecule has 1 atom stereocenters. The van der Waals surface area contributed by atoms with E-state index in [9.17, 15) is 0 Å². The zero-order valence-corrected chi connectivity index (χ0v) is 14.6. The average molecular weight is 329 g/mol. The third kappa shape index (κ3) is 4.90. The maximum Gasteiger partial charge on any atom is 0.0809 e. The molecule has 0 radical (unpaired) electrons. The molecular formula is C19H27N3O2. The lowest BCUT2D eigenvalue weighted by molar-refractivity contribution is 0.0106. The van der Waals surface area contributed by atoms with E-state index in [4.69, 9.17) is 9.47 Å². The molecular weight excluding hydrogens is 302 g/mol. The Hall–Kier alpha value is -1.69. The minimum Gasteiger partial charge on any atom is -0.376 e. The molecule has 2 heterocycles. The van der Waals surface area contributed by atoms with Crippen molar-refractivity contribution in [1.29, 1.82) is 0 Å². The third-order valence-corrected chi connectivity index (χ3v) is 4.39. The fraction of sp³-hybridized carbons (Fsp3) is 0.526. The van der Waals surface area contributed by atoms with E-state index in [0.717, 1.165) is 38.2 Å². The second-order valence-electron chi connectivity index (χ2n) is 6.47. The number of rotatable bonds is 8. The van der Waals surface area contributed by atoms with Crippen molar-refractivity contribution in [2.75, 3.05) is 13.2 Å². The number of nitrogens with one attached hydrogen (secondary N) is 1. The largest absolute Gasteiger partial charge is 0.376 e. The van der Waals surface area contributed by atoms with Gasteiger partial charge in [-0.05, 0) is 37.0 Å². The lowest BCUT2D eigenvalue weighted by Gasteiger charge is -2.11. The molecule has 1 saturated heterocycles. The van der Waals surface area contributed by atoms with Crippen molar-refractivity contribution in [3.63, 3.8) is 0 Å². The monoisotopic (exact) mass is 329 g/mol. The minimum absolute atomic E-state index is 0.289. The molecule has 5 nitrogen and oxygen atoms in total. The summed E-state index contributed by atoms with van der Waals surface area (Å²) in [5.41, 5.74) is 4.73. The van der Waals surface area contributed by atoms with Gasteiger partial charge < -0.3 is 14.8 Å². The van der Waals surface area contributed by atoms with Crippen molar-refractivity contribution in [3.8, 4) is 0 Å². The van der Waals surface area contributed by atoms with Crippen molar-refractivity contribution in [2.45, 2.75) is 45.6 Å². The van der Waals surface area contributed by atoms with E-state index in [1.54, 1.807) is 0 Å². The van der Waals surface area contributed by atoms with Crippen LogP contribution in [0.4, 0.5) is 0 Å². The van der Waals surface area contributed by atoms with Crippen molar-refractivity contribution < 1.29 is 9.47 Å². The van der Waals surface area contributed by atoms with Crippen LogP contribution in [0.1, 0.15) is 35.4 Å². The summed E-state index contributed by atoms with van der Waals surface area (Å²) >= 11 is 0. The van der Waals surface area contributed by atoms with Gasteiger partial charge in [-0.2, -0.15) is 5.10 Å². The van der Waals surface area contributed by atoms with Crippen LogP contribution in [0.3, 0.4) is 0 Å². The Bertz CT molecular complexity index is 628. The molecule has 1 aliphatic rings. The number of hydrogen-bond donors (Lipinski definition) is 1. The number of ether oxygens (including phenoxy) is 2. The van der Waals surface area contributed by atoms with Crippen LogP contribution in [0, 0.1) is 6.92 Å². The second-order valence-corrected chi connectivity index (χ2v) is 6.47. The molecule has 3 rings (SSSR count). The van der Waals surface area contributed by atoms with Gasteiger partial charge in [0, 0.05) is 32.4 Å². The maximum absolute atomic E-state index is 5.79. The first-order valence-corrected chi connectivity index (χ1v) is 8.68. The molecule has 0 amide bonds. The first-order valence-electron chi connectivity index (χ1n) is 8.68. The summed E-state index contributed by atoms with van der Waals surface area (Å²) in [6.45, 7) is 5.90. The Kier molecular flexibility index (Phi) is 6.01. The van der Waals surface area contributed by atoms with E-state index in [0.29, 0.717) is 13.2 Å². The van der Waals surface area contributed by atoms with Crippen molar-refractivity contribution in [1.82, 2.24) is 15.1 Å². The fourth-order valence-electron chi connectivity index (χ4n) is 2.97. The van der Waals surface area contributed by atoms with Gasteiger partial charge in [0.1, 0.15) is 0 Å². The van der Waals surface area contributed by atoms with Crippen LogP contribution in [0.5, 0.6) is 0 Å². The van der Waals surface area contributed by atoms with Crippen LogP contribution < -0.4 is 5.32 Å². The van der Waals surface area contributed by atoms with E-state index in [-0.39, 0.29) is 6.10 Å². The normalized spacial score (nSPS) is 17.5. The fourth-order valence-corrected chi connectivity index (χ4v) is 2.97. The predicted molar refractivity (Wildman–Crippen MR) is 93.6 cm³/mol. The number of nitrogens with zero attached hydrogens (tertiary/aromatic N) is 2. The average Bonchev–Trinajstić information content (AvgIpc) is 3.18. The highest BCUT2D eigenvalue weighted by atomic mass is 16.5. The molecule has 2 aromatic rings. The Morgan fingerprint density at radius 3 is 2.92 bits per heavy atom. The number of benzene rings is 1. The Labute approximate surface area is 144 Å². The molecule has 1 aromatic heterocycles. The highest BCUT2D eigenvalue weighted by Crippen LogP contribution is 2.13. The van der Waals surface area contributed by atoms with Gasteiger partial charge >= 0.3 is 0 Å². The van der Waals surface area contributed by atoms with E-state index in [2.05, 4.69) is 47.7 Å². The molecule has 1 fully saturated rings. The van der Waals surface area contributed by atoms with Gasteiger partial charge in [0.25, 0.3) is 0 Å². The molecule has 5 heteroatoms. The van der Waals surface area contributed by atoms with E-state index in [1.807, 2.05) is 11.7 Å². The lowest BCUT2D eigenvalue weighted by atomic mass is 10.1. The number of aryl methyl sites for hydroxylation is 2. The maximum atomic E-state index is 5.79. The van der Waals surface area contributed by atoms with Crippen LogP contribution in [-0.4, -0.2) is 29.1 Å². The van der Waals surface area contributed by atoms with Gasteiger partial charge in [0.2, 0.25) is 0 Å². The van der Waals surface area contributed by atoms with Gasteiger partial charge in [0.05, 0.1) is 25.0 Å². The summed E-state index contributed by atoms with van der Waals surface area (Å²) in [4.78, 5) is 0. The van der Waals surface area contributed by atoms with Gasteiger partial charge in [0.15, 0.2) is 0 Å². The van der Waals surface area contributed by atoms with Crippen molar-refractivity contribution in [2.24, 2.45) is 7.05 Å². The standard InChI is InChI=1S/C19H27N3O2/c1-15-9-18(21-22(15)2)12-20-11-16-5-3-6-17(10-16)13-23-14-19-7-4-8-24-19/h3,5-6,9-10,19-20H,4,7-8,11-14H2,1-2H3. The van der Waals surface area contributed by atoms with Crippen molar-refractivity contribution in [3.05, 3.63) is 52.8 Å².